The summed E-state index contributed by atoms with van der Waals surface area (Å²) < 4.78 is 0. The van der Waals surface area contributed by atoms with Gasteiger partial charge in [-0.15, -0.1) is 49.6 Å². The quantitative estimate of drug-likeness (QED) is 0.551. The van der Waals surface area contributed by atoms with Gasteiger partial charge < -0.3 is 0 Å². The highest BCUT2D eigenvalue weighted by Gasteiger charge is 2.15. The Morgan fingerprint density at radius 1 is 0.529 bits per heavy atom. The van der Waals surface area contributed by atoms with E-state index in [-0.39, 0.29) is 49.6 Å². The first kappa shape index (κ1) is 19.0. The Kier molecular flexibility index (Phi) is 8.74. The van der Waals surface area contributed by atoms with Crippen LogP contribution in [-0.2, 0) is 6.42 Å². The highest BCUT2D eigenvalue weighted by molar-refractivity contribution is 5.86. The Morgan fingerprint density at radius 3 is 1.29 bits per heavy atom. The summed E-state index contributed by atoms with van der Waals surface area (Å²) in [6, 6.07) is 17.3. The van der Waals surface area contributed by atoms with E-state index in [1.807, 2.05) is 0 Å². The molecule has 0 saturated heterocycles. The van der Waals surface area contributed by atoms with Gasteiger partial charge in [0.2, 0.25) is 0 Å². The van der Waals surface area contributed by atoms with E-state index in [4.69, 9.17) is 0 Å². The predicted octanol–water partition coefficient (Wildman–Crippen LogP) is 4.95. The second-order valence-electron chi connectivity index (χ2n) is 3.49. The second-order valence-corrected chi connectivity index (χ2v) is 3.49. The van der Waals surface area contributed by atoms with Gasteiger partial charge in [0.25, 0.3) is 0 Å². The lowest BCUT2D eigenvalue weighted by atomic mass is 10.1. The Hall–Kier alpha value is -0.400. The molecule has 0 amide bonds. The largest absolute Gasteiger partial charge is 0.147 e. The van der Waals surface area contributed by atoms with E-state index in [1.165, 1.54) is 22.3 Å². The van der Waals surface area contributed by atoms with Crippen LogP contribution < -0.4 is 0 Å². The molecule has 0 heterocycles. The first-order chi connectivity index (χ1) is 6.45. The number of hydrogen-bond donors (Lipinski definition) is 0. The van der Waals surface area contributed by atoms with Crippen molar-refractivity contribution in [2.45, 2.75) is 6.42 Å². The van der Waals surface area contributed by atoms with Crippen LogP contribution >= 0.6 is 49.6 Å². The maximum atomic E-state index is 2.22. The van der Waals surface area contributed by atoms with Crippen LogP contribution in [-0.4, -0.2) is 0 Å². The average Bonchev–Trinajstić information content (AvgIpc) is 2.56. The minimum absolute atomic E-state index is 0. The summed E-state index contributed by atoms with van der Waals surface area (Å²) in [4.78, 5) is 0. The van der Waals surface area contributed by atoms with E-state index in [0.29, 0.717) is 0 Å². The van der Waals surface area contributed by atoms with Gasteiger partial charge >= 0.3 is 0 Å². The van der Waals surface area contributed by atoms with Crippen LogP contribution in [0.3, 0.4) is 0 Å². The van der Waals surface area contributed by atoms with Crippen molar-refractivity contribution < 1.29 is 0 Å². The summed E-state index contributed by atoms with van der Waals surface area (Å²) in [7, 11) is 0. The third-order valence-electron chi connectivity index (χ3n) is 2.71. The van der Waals surface area contributed by atoms with E-state index in [0.717, 1.165) is 6.42 Å². The number of hydrogen-bond acceptors (Lipinski definition) is 0. The minimum atomic E-state index is 0. The standard InChI is InChI=1S/C13H10.4ClH/c1-3-7-12-10(5-1)9-11-6-2-4-8-13(11)12;;;;/h1-8H,9H2;4*1H. The first-order valence-electron chi connectivity index (χ1n) is 4.61. The van der Waals surface area contributed by atoms with Crippen molar-refractivity contribution in [2.24, 2.45) is 0 Å². The van der Waals surface area contributed by atoms with Crippen molar-refractivity contribution in [3.05, 3.63) is 59.7 Å². The maximum absolute atomic E-state index is 2.22. The number of halogens is 4. The summed E-state index contributed by atoms with van der Waals surface area (Å²) in [6.07, 6.45) is 1.10. The van der Waals surface area contributed by atoms with Crippen molar-refractivity contribution in [2.75, 3.05) is 0 Å². The van der Waals surface area contributed by atoms with Crippen molar-refractivity contribution in [1.29, 1.82) is 0 Å². The molecule has 0 aromatic heterocycles. The van der Waals surface area contributed by atoms with Gasteiger partial charge in [-0.25, -0.2) is 0 Å². The van der Waals surface area contributed by atoms with Crippen molar-refractivity contribution >= 4 is 49.6 Å². The molecule has 4 heteroatoms. The van der Waals surface area contributed by atoms with Gasteiger partial charge in [-0.3, -0.25) is 0 Å². The van der Waals surface area contributed by atoms with Crippen LogP contribution in [0.5, 0.6) is 0 Å². The topological polar surface area (TPSA) is 0 Å². The van der Waals surface area contributed by atoms with E-state index in [9.17, 15) is 0 Å². The molecule has 0 unspecified atom stereocenters. The average molecular weight is 312 g/mol. The maximum Gasteiger partial charge on any atom is -0.00135 e. The van der Waals surface area contributed by atoms with Crippen molar-refractivity contribution in [3.63, 3.8) is 0 Å². The molecule has 0 spiro atoms. The summed E-state index contributed by atoms with van der Waals surface area (Å²) in [5.41, 5.74) is 5.75. The Balaban J connectivity index is 0. The Morgan fingerprint density at radius 2 is 0.882 bits per heavy atom. The van der Waals surface area contributed by atoms with E-state index in [2.05, 4.69) is 48.5 Å². The van der Waals surface area contributed by atoms with Crippen LogP contribution in [0.4, 0.5) is 0 Å². The smallest absolute Gasteiger partial charge is 0.00135 e. The fourth-order valence-electron chi connectivity index (χ4n) is 2.08. The molecule has 0 radical (unpaired) electrons. The number of fused-ring (bicyclic) bond motifs is 3. The normalized spacial score (nSPS) is 9.41. The minimum Gasteiger partial charge on any atom is -0.147 e. The fourth-order valence-corrected chi connectivity index (χ4v) is 2.08. The molecule has 2 aromatic carbocycles. The van der Waals surface area contributed by atoms with Gasteiger partial charge in [0.15, 0.2) is 0 Å². The van der Waals surface area contributed by atoms with E-state index in [1.54, 1.807) is 0 Å². The van der Waals surface area contributed by atoms with Gasteiger partial charge in [0, 0.05) is 0 Å². The summed E-state index contributed by atoms with van der Waals surface area (Å²) in [5, 5.41) is 0. The third kappa shape index (κ3) is 3.29. The zero-order valence-electron chi connectivity index (χ0n) is 8.96. The lowest BCUT2D eigenvalue weighted by Crippen LogP contribution is -1.77. The molecule has 0 fully saturated rings. The lowest BCUT2D eigenvalue weighted by Gasteiger charge is -1.98. The third-order valence-corrected chi connectivity index (χ3v) is 2.71. The zero-order valence-corrected chi connectivity index (χ0v) is 12.2. The van der Waals surface area contributed by atoms with Gasteiger partial charge in [-0.05, 0) is 28.7 Å². The molecule has 0 N–H and O–H groups in total. The van der Waals surface area contributed by atoms with E-state index < -0.39 is 0 Å². The molecule has 0 saturated carbocycles. The van der Waals surface area contributed by atoms with Crippen molar-refractivity contribution in [3.8, 4) is 11.1 Å². The Labute approximate surface area is 126 Å². The monoisotopic (exact) mass is 310 g/mol. The molecule has 1 aliphatic carbocycles. The highest BCUT2D eigenvalue weighted by atomic mass is 35.5. The molecule has 0 nitrogen and oxygen atoms in total. The van der Waals surface area contributed by atoms with Gasteiger partial charge in [-0.2, -0.15) is 0 Å². The zero-order chi connectivity index (χ0) is 8.67. The second kappa shape index (κ2) is 7.84. The summed E-state index contributed by atoms with van der Waals surface area (Å²) in [5.74, 6) is 0. The molecule has 0 atom stereocenters. The van der Waals surface area contributed by atoms with Gasteiger partial charge in [-0.1, -0.05) is 48.5 Å². The van der Waals surface area contributed by atoms with Gasteiger partial charge in [0.05, 0.1) is 0 Å². The number of benzene rings is 2. The number of rotatable bonds is 0. The van der Waals surface area contributed by atoms with Crippen LogP contribution in [0.2, 0.25) is 0 Å². The summed E-state index contributed by atoms with van der Waals surface area (Å²) in [6.45, 7) is 0. The lowest BCUT2D eigenvalue weighted by molar-refractivity contribution is 1.26. The SMILES string of the molecule is Cl.Cl.Cl.Cl.c1ccc2c(c1)Cc1ccccc1-2. The highest BCUT2D eigenvalue weighted by Crippen LogP contribution is 2.35. The Bertz CT molecular complexity index is 425. The van der Waals surface area contributed by atoms with E-state index >= 15 is 0 Å². The van der Waals surface area contributed by atoms with Crippen LogP contribution in [0.15, 0.2) is 48.5 Å². The molecule has 0 aliphatic heterocycles. The summed E-state index contributed by atoms with van der Waals surface area (Å²) >= 11 is 0. The molecular weight excluding hydrogens is 298 g/mol. The first-order valence-corrected chi connectivity index (χ1v) is 4.61. The predicted molar refractivity (Wildman–Crippen MR) is 83.7 cm³/mol. The molecule has 17 heavy (non-hydrogen) atoms. The molecular formula is C13H14Cl4. The van der Waals surface area contributed by atoms with Crippen LogP contribution in [0.25, 0.3) is 11.1 Å². The van der Waals surface area contributed by atoms with Gasteiger partial charge in [0.1, 0.15) is 0 Å². The fraction of sp³-hybridized carbons (Fsp3) is 0.0769. The molecule has 0 bridgehead atoms. The molecule has 1 aliphatic rings. The molecule has 2 aromatic rings. The molecule has 3 rings (SSSR count). The van der Waals surface area contributed by atoms with Crippen molar-refractivity contribution in [1.82, 2.24) is 0 Å². The van der Waals surface area contributed by atoms with Crippen LogP contribution in [0, 0.1) is 0 Å². The van der Waals surface area contributed by atoms with Crippen LogP contribution in [0.1, 0.15) is 11.1 Å². The molecule has 94 valence electrons.